The van der Waals surface area contributed by atoms with Crippen molar-refractivity contribution in [2.75, 3.05) is 6.54 Å². The van der Waals surface area contributed by atoms with Crippen molar-refractivity contribution in [2.24, 2.45) is 5.92 Å². The first kappa shape index (κ1) is 13.6. The summed E-state index contributed by atoms with van der Waals surface area (Å²) in [5.74, 6) is 0.615. The Morgan fingerprint density at radius 2 is 2.20 bits per heavy atom. The van der Waals surface area contributed by atoms with Gasteiger partial charge < -0.3 is 14.6 Å². The molecule has 2 aliphatic rings. The first-order valence-corrected chi connectivity index (χ1v) is 7.29. The highest BCUT2D eigenvalue weighted by atomic mass is 16.5. The number of hydrogen-bond acceptors (Lipinski definition) is 3. The molecule has 20 heavy (non-hydrogen) atoms. The van der Waals surface area contributed by atoms with E-state index in [4.69, 9.17) is 4.65 Å². The zero-order chi connectivity index (χ0) is 14.3. The number of rotatable bonds is 1. The van der Waals surface area contributed by atoms with Gasteiger partial charge in [0.1, 0.15) is 0 Å². The lowest BCUT2D eigenvalue weighted by Gasteiger charge is -2.37. The van der Waals surface area contributed by atoms with Gasteiger partial charge in [-0.05, 0) is 48.8 Å². The SMILES string of the molecule is CC1CCC(C)N(C(=O)c2ccc3c(c2)B(O)OC3)C1. The summed E-state index contributed by atoms with van der Waals surface area (Å²) in [7, 11) is -0.893. The van der Waals surface area contributed by atoms with Crippen molar-refractivity contribution in [2.45, 2.75) is 39.3 Å². The van der Waals surface area contributed by atoms with Crippen LogP contribution in [0, 0.1) is 5.92 Å². The maximum absolute atomic E-state index is 12.7. The second-order valence-corrected chi connectivity index (χ2v) is 6.07. The molecule has 1 aromatic rings. The van der Waals surface area contributed by atoms with Gasteiger partial charge in [0.2, 0.25) is 0 Å². The molecular formula is C15H20BNO3. The highest BCUT2D eigenvalue weighted by molar-refractivity contribution is 6.61. The molecule has 5 heteroatoms. The third-order valence-electron chi connectivity index (χ3n) is 4.43. The third kappa shape index (κ3) is 2.36. The molecule has 106 valence electrons. The van der Waals surface area contributed by atoms with Crippen LogP contribution in [0.25, 0.3) is 0 Å². The van der Waals surface area contributed by atoms with E-state index in [-0.39, 0.29) is 11.9 Å². The van der Waals surface area contributed by atoms with Gasteiger partial charge in [0.05, 0.1) is 6.61 Å². The van der Waals surface area contributed by atoms with Crippen LogP contribution < -0.4 is 5.46 Å². The Hall–Kier alpha value is -1.33. The first-order valence-electron chi connectivity index (χ1n) is 7.29. The van der Waals surface area contributed by atoms with Crippen molar-refractivity contribution in [3.05, 3.63) is 29.3 Å². The molecule has 1 amide bonds. The lowest BCUT2D eigenvalue weighted by Crippen LogP contribution is -2.45. The van der Waals surface area contributed by atoms with Crippen LogP contribution in [0.2, 0.25) is 0 Å². The molecule has 2 unspecified atom stereocenters. The van der Waals surface area contributed by atoms with Gasteiger partial charge in [0.25, 0.3) is 5.91 Å². The molecule has 1 saturated heterocycles. The number of hydrogen-bond donors (Lipinski definition) is 1. The second kappa shape index (κ2) is 5.22. The van der Waals surface area contributed by atoms with Crippen LogP contribution in [0.5, 0.6) is 0 Å². The topological polar surface area (TPSA) is 49.8 Å². The second-order valence-electron chi connectivity index (χ2n) is 6.07. The van der Waals surface area contributed by atoms with Crippen molar-refractivity contribution in [3.63, 3.8) is 0 Å². The normalized spacial score (nSPS) is 25.8. The Balaban J connectivity index is 1.85. The Bertz CT molecular complexity index is 534. The van der Waals surface area contributed by atoms with Crippen LogP contribution >= 0.6 is 0 Å². The largest absolute Gasteiger partial charge is 0.491 e. The molecule has 1 fully saturated rings. The predicted molar refractivity (Wildman–Crippen MR) is 77.7 cm³/mol. The molecule has 0 aliphatic carbocycles. The molecule has 3 rings (SSSR count). The van der Waals surface area contributed by atoms with E-state index >= 15 is 0 Å². The summed E-state index contributed by atoms with van der Waals surface area (Å²) in [6.45, 7) is 5.53. The summed E-state index contributed by atoms with van der Waals surface area (Å²) >= 11 is 0. The quantitative estimate of drug-likeness (QED) is 0.781. The fourth-order valence-electron chi connectivity index (χ4n) is 3.09. The number of nitrogens with zero attached hydrogens (tertiary/aromatic N) is 1. The van der Waals surface area contributed by atoms with Crippen molar-refractivity contribution >= 4 is 18.5 Å². The molecule has 0 saturated carbocycles. The molecule has 1 N–H and O–H groups in total. The number of likely N-dealkylation sites (tertiary alicyclic amines) is 1. The van der Waals surface area contributed by atoms with Gasteiger partial charge in [-0.25, -0.2) is 0 Å². The standard InChI is InChI=1S/C15H20BNO3/c1-10-3-4-11(2)17(8-10)15(18)12-5-6-13-9-20-16(19)14(13)7-12/h5-7,10-11,19H,3-4,8-9H2,1-2H3. The average Bonchev–Trinajstić information content (AvgIpc) is 2.82. The molecule has 0 aromatic heterocycles. The predicted octanol–water partition coefficient (Wildman–Crippen LogP) is 1.16. The highest BCUT2D eigenvalue weighted by Gasteiger charge is 2.31. The number of piperidine rings is 1. The van der Waals surface area contributed by atoms with Crippen LogP contribution in [-0.2, 0) is 11.3 Å². The van der Waals surface area contributed by atoms with Gasteiger partial charge in [-0.15, -0.1) is 0 Å². The fourth-order valence-corrected chi connectivity index (χ4v) is 3.09. The monoisotopic (exact) mass is 273 g/mol. The summed E-state index contributed by atoms with van der Waals surface area (Å²) in [5.41, 5.74) is 2.34. The number of amides is 1. The minimum Gasteiger partial charge on any atom is -0.423 e. The zero-order valence-electron chi connectivity index (χ0n) is 12.0. The molecule has 0 spiro atoms. The number of carbonyl (C=O) groups excluding carboxylic acids is 1. The van der Waals surface area contributed by atoms with E-state index < -0.39 is 7.12 Å². The maximum atomic E-state index is 12.7. The lowest BCUT2D eigenvalue weighted by atomic mass is 9.78. The van der Waals surface area contributed by atoms with E-state index in [1.807, 2.05) is 17.0 Å². The molecule has 2 heterocycles. The Labute approximate surface area is 119 Å². The van der Waals surface area contributed by atoms with E-state index in [1.165, 1.54) is 6.42 Å². The summed E-state index contributed by atoms with van der Waals surface area (Å²) in [6.07, 6.45) is 2.24. The van der Waals surface area contributed by atoms with E-state index in [9.17, 15) is 9.82 Å². The van der Waals surface area contributed by atoms with Crippen molar-refractivity contribution in [1.29, 1.82) is 0 Å². The van der Waals surface area contributed by atoms with Crippen molar-refractivity contribution in [1.82, 2.24) is 4.90 Å². The van der Waals surface area contributed by atoms with Crippen LogP contribution in [0.4, 0.5) is 0 Å². The molecule has 0 radical (unpaired) electrons. The van der Waals surface area contributed by atoms with E-state index in [2.05, 4.69) is 13.8 Å². The van der Waals surface area contributed by atoms with E-state index in [0.717, 1.165) is 24.0 Å². The van der Waals surface area contributed by atoms with E-state index in [1.54, 1.807) is 6.07 Å². The number of fused-ring (bicyclic) bond motifs is 1. The lowest BCUT2D eigenvalue weighted by molar-refractivity contribution is 0.0574. The molecule has 1 aromatic carbocycles. The Morgan fingerprint density at radius 3 is 3.00 bits per heavy atom. The Morgan fingerprint density at radius 1 is 1.40 bits per heavy atom. The smallest absolute Gasteiger partial charge is 0.423 e. The van der Waals surface area contributed by atoms with Gasteiger partial charge in [0, 0.05) is 18.2 Å². The van der Waals surface area contributed by atoms with Crippen molar-refractivity contribution < 1.29 is 14.5 Å². The summed E-state index contributed by atoms with van der Waals surface area (Å²) in [6, 6.07) is 5.79. The molecular weight excluding hydrogens is 253 g/mol. The van der Waals surface area contributed by atoms with Gasteiger partial charge in [-0.1, -0.05) is 13.0 Å². The van der Waals surface area contributed by atoms with Gasteiger partial charge >= 0.3 is 7.12 Å². The molecule has 2 atom stereocenters. The first-order chi connectivity index (χ1) is 9.56. The maximum Gasteiger partial charge on any atom is 0.491 e. The van der Waals surface area contributed by atoms with Crippen molar-refractivity contribution in [3.8, 4) is 0 Å². The van der Waals surface area contributed by atoms with Crippen LogP contribution in [0.1, 0.15) is 42.6 Å². The molecule has 0 bridgehead atoms. The fraction of sp³-hybridized carbons (Fsp3) is 0.533. The van der Waals surface area contributed by atoms with E-state index in [0.29, 0.717) is 18.1 Å². The minimum absolute atomic E-state index is 0.0611. The summed E-state index contributed by atoms with van der Waals surface area (Å²) < 4.78 is 5.17. The highest BCUT2D eigenvalue weighted by Crippen LogP contribution is 2.23. The Kier molecular flexibility index (Phi) is 3.56. The average molecular weight is 273 g/mol. The molecule has 2 aliphatic heterocycles. The third-order valence-corrected chi connectivity index (χ3v) is 4.43. The van der Waals surface area contributed by atoms with Crippen LogP contribution in [0.15, 0.2) is 18.2 Å². The van der Waals surface area contributed by atoms with Gasteiger partial charge in [-0.2, -0.15) is 0 Å². The number of carbonyl (C=O) groups is 1. The summed E-state index contributed by atoms with van der Waals surface area (Å²) in [4.78, 5) is 14.6. The minimum atomic E-state index is -0.893. The molecule has 4 nitrogen and oxygen atoms in total. The van der Waals surface area contributed by atoms with Crippen LogP contribution in [0.3, 0.4) is 0 Å². The van der Waals surface area contributed by atoms with Gasteiger partial charge in [0.15, 0.2) is 0 Å². The summed E-state index contributed by atoms with van der Waals surface area (Å²) in [5, 5.41) is 9.74. The van der Waals surface area contributed by atoms with Crippen LogP contribution in [-0.4, -0.2) is 35.5 Å². The number of benzene rings is 1. The van der Waals surface area contributed by atoms with Gasteiger partial charge in [-0.3, -0.25) is 4.79 Å². The zero-order valence-corrected chi connectivity index (χ0v) is 12.0.